The number of benzene rings is 1. The van der Waals surface area contributed by atoms with E-state index in [9.17, 15) is 0 Å². The predicted molar refractivity (Wildman–Crippen MR) is 71.5 cm³/mol. The van der Waals surface area contributed by atoms with Crippen molar-refractivity contribution in [2.24, 2.45) is 0 Å². The monoisotopic (exact) mass is 348 g/mol. The van der Waals surface area contributed by atoms with E-state index in [1.807, 2.05) is 32.0 Å². The Morgan fingerprint density at radius 2 is 2.19 bits per heavy atom. The van der Waals surface area contributed by atoms with E-state index < -0.39 is 0 Å². The molecule has 0 saturated heterocycles. The van der Waals surface area contributed by atoms with Crippen molar-refractivity contribution < 1.29 is 4.52 Å². The van der Waals surface area contributed by atoms with E-state index in [0.29, 0.717) is 11.7 Å². The molecule has 0 spiro atoms. The second kappa shape index (κ2) is 4.71. The van der Waals surface area contributed by atoms with Crippen LogP contribution in [0.2, 0.25) is 0 Å². The SMILES string of the molecule is Cc1cccc(-c2nc(C(C)Cl)no2)c1I. The van der Waals surface area contributed by atoms with Crippen molar-refractivity contribution in [3.05, 3.63) is 33.2 Å². The number of hydrogen-bond acceptors (Lipinski definition) is 3. The lowest BCUT2D eigenvalue weighted by Gasteiger charge is -2.01. The third-order valence-electron chi connectivity index (χ3n) is 2.22. The number of halogens is 2. The lowest BCUT2D eigenvalue weighted by molar-refractivity contribution is 0.422. The van der Waals surface area contributed by atoms with Crippen molar-refractivity contribution >= 4 is 34.2 Å². The largest absolute Gasteiger partial charge is 0.334 e. The van der Waals surface area contributed by atoms with Gasteiger partial charge in [-0.1, -0.05) is 17.3 Å². The van der Waals surface area contributed by atoms with Gasteiger partial charge in [-0.2, -0.15) is 4.98 Å². The van der Waals surface area contributed by atoms with Crippen LogP contribution in [0.15, 0.2) is 22.7 Å². The van der Waals surface area contributed by atoms with Crippen LogP contribution in [-0.2, 0) is 0 Å². The molecule has 16 heavy (non-hydrogen) atoms. The molecule has 1 aromatic carbocycles. The third kappa shape index (κ3) is 2.22. The van der Waals surface area contributed by atoms with Crippen LogP contribution < -0.4 is 0 Å². The summed E-state index contributed by atoms with van der Waals surface area (Å²) >= 11 is 8.16. The molecule has 1 unspecified atom stereocenters. The van der Waals surface area contributed by atoms with E-state index in [2.05, 4.69) is 32.7 Å². The van der Waals surface area contributed by atoms with Crippen LogP contribution in [-0.4, -0.2) is 10.1 Å². The molecule has 0 aliphatic carbocycles. The highest BCUT2D eigenvalue weighted by molar-refractivity contribution is 14.1. The van der Waals surface area contributed by atoms with Crippen LogP contribution in [0.5, 0.6) is 0 Å². The molecule has 3 nitrogen and oxygen atoms in total. The van der Waals surface area contributed by atoms with E-state index in [1.54, 1.807) is 0 Å². The van der Waals surface area contributed by atoms with Crippen molar-refractivity contribution in [3.63, 3.8) is 0 Å². The summed E-state index contributed by atoms with van der Waals surface area (Å²) in [5.74, 6) is 1.05. The number of aryl methyl sites for hydroxylation is 1. The average Bonchev–Trinajstić information content (AvgIpc) is 2.71. The second-order valence-electron chi connectivity index (χ2n) is 3.51. The van der Waals surface area contributed by atoms with E-state index in [1.165, 1.54) is 5.56 Å². The molecule has 0 fully saturated rings. The molecule has 1 heterocycles. The molecule has 0 saturated carbocycles. The lowest BCUT2D eigenvalue weighted by atomic mass is 10.1. The quantitative estimate of drug-likeness (QED) is 0.609. The lowest BCUT2D eigenvalue weighted by Crippen LogP contribution is -1.89. The highest BCUT2D eigenvalue weighted by Gasteiger charge is 2.15. The molecular weight excluding hydrogens is 338 g/mol. The van der Waals surface area contributed by atoms with Crippen molar-refractivity contribution in [1.29, 1.82) is 0 Å². The van der Waals surface area contributed by atoms with Crippen LogP contribution >= 0.6 is 34.2 Å². The minimum atomic E-state index is -0.236. The Labute approximate surface area is 112 Å². The molecule has 0 radical (unpaired) electrons. The highest BCUT2D eigenvalue weighted by Crippen LogP contribution is 2.27. The molecule has 0 aliphatic rings. The van der Waals surface area contributed by atoms with Gasteiger partial charge in [-0.3, -0.25) is 0 Å². The van der Waals surface area contributed by atoms with Crippen molar-refractivity contribution in [2.45, 2.75) is 19.2 Å². The molecule has 2 rings (SSSR count). The molecule has 1 atom stereocenters. The van der Waals surface area contributed by atoms with Gasteiger partial charge < -0.3 is 4.52 Å². The summed E-state index contributed by atoms with van der Waals surface area (Å²) in [5, 5.41) is 3.61. The van der Waals surface area contributed by atoms with Crippen LogP contribution in [0.25, 0.3) is 11.5 Å². The molecule has 2 aromatic rings. The van der Waals surface area contributed by atoms with Crippen LogP contribution in [0.4, 0.5) is 0 Å². The standard InChI is InChI=1S/C11H10ClIN2O/c1-6-4-3-5-8(9(6)13)11-14-10(7(2)12)15-16-11/h3-5,7H,1-2H3. The fraction of sp³-hybridized carbons (Fsp3) is 0.273. The molecule has 5 heteroatoms. The maximum atomic E-state index is 5.89. The van der Waals surface area contributed by atoms with E-state index in [4.69, 9.17) is 16.1 Å². The van der Waals surface area contributed by atoms with Gasteiger partial charge in [-0.05, 0) is 48.1 Å². The Balaban J connectivity index is 2.47. The van der Waals surface area contributed by atoms with Crippen LogP contribution in [0.1, 0.15) is 23.7 Å². The van der Waals surface area contributed by atoms with Gasteiger partial charge >= 0.3 is 0 Å². The first-order chi connectivity index (χ1) is 7.59. The number of nitrogens with zero attached hydrogens (tertiary/aromatic N) is 2. The summed E-state index contributed by atoms with van der Waals surface area (Å²) in [7, 11) is 0. The van der Waals surface area contributed by atoms with Gasteiger partial charge in [0.2, 0.25) is 0 Å². The summed E-state index contributed by atoms with van der Waals surface area (Å²) in [6.45, 7) is 3.87. The van der Waals surface area contributed by atoms with Crippen molar-refractivity contribution in [3.8, 4) is 11.5 Å². The van der Waals surface area contributed by atoms with Gasteiger partial charge in [0.25, 0.3) is 5.89 Å². The zero-order chi connectivity index (χ0) is 11.7. The second-order valence-corrected chi connectivity index (χ2v) is 5.24. The summed E-state index contributed by atoms with van der Waals surface area (Å²) in [6.07, 6.45) is 0. The number of alkyl halides is 1. The Bertz CT molecular complexity index is 510. The van der Waals surface area contributed by atoms with E-state index >= 15 is 0 Å². The topological polar surface area (TPSA) is 38.9 Å². The Kier molecular flexibility index (Phi) is 3.49. The Morgan fingerprint density at radius 3 is 2.81 bits per heavy atom. The smallest absolute Gasteiger partial charge is 0.259 e. The molecule has 0 amide bonds. The number of hydrogen-bond donors (Lipinski definition) is 0. The first-order valence-corrected chi connectivity index (χ1v) is 6.34. The van der Waals surface area contributed by atoms with Crippen LogP contribution in [0.3, 0.4) is 0 Å². The predicted octanol–water partition coefficient (Wildman–Crippen LogP) is 3.95. The normalized spacial score (nSPS) is 12.8. The van der Waals surface area contributed by atoms with Gasteiger partial charge in [-0.15, -0.1) is 11.6 Å². The number of rotatable bonds is 2. The zero-order valence-corrected chi connectivity index (χ0v) is 11.8. The van der Waals surface area contributed by atoms with Crippen molar-refractivity contribution in [1.82, 2.24) is 10.1 Å². The molecule has 1 aromatic heterocycles. The molecule has 0 bridgehead atoms. The number of aromatic nitrogens is 2. The van der Waals surface area contributed by atoms with E-state index in [0.717, 1.165) is 9.13 Å². The first-order valence-electron chi connectivity index (χ1n) is 4.82. The fourth-order valence-corrected chi connectivity index (χ4v) is 2.00. The maximum absolute atomic E-state index is 5.89. The average molecular weight is 349 g/mol. The van der Waals surface area contributed by atoms with Gasteiger partial charge in [0.1, 0.15) is 0 Å². The maximum Gasteiger partial charge on any atom is 0.259 e. The molecule has 0 N–H and O–H groups in total. The van der Waals surface area contributed by atoms with Gasteiger partial charge in [0, 0.05) is 3.57 Å². The van der Waals surface area contributed by atoms with E-state index in [-0.39, 0.29) is 5.38 Å². The summed E-state index contributed by atoms with van der Waals surface area (Å²) < 4.78 is 6.32. The minimum Gasteiger partial charge on any atom is -0.334 e. The molecular formula is C11H10ClIN2O. The summed E-state index contributed by atoms with van der Waals surface area (Å²) in [5.41, 5.74) is 2.15. The van der Waals surface area contributed by atoms with Gasteiger partial charge in [0.15, 0.2) is 5.82 Å². The van der Waals surface area contributed by atoms with Crippen molar-refractivity contribution in [2.75, 3.05) is 0 Å². The summed E-state index contributed by atoms with van der Waals surface area (Å²) in [4.78, 5) is 4.27. The van der Waals surface area contributed by atoms with Gasteiger partial charge in [0.05, 0.1) is 10.9 Å². The van der Waals surface area contributed by atoms with Crippen LogP contribution in [0, 0.1) is 10.5 Å². The molecule has 84 valence electrons. The minimum absolute atomic E-state index is 0.236. The Hall–Kier alpha value is -0.620. The Morgan fingerprint density at radius 1 is 1.44 bits per heavy atom. The van der Waals surface area contributed by atoms with Gasteiger partial charge in [-0.25, -0.2) is 0 Å². The zero-order valence-electron chi connectivity index (χ0n) is 8.87. The third-order valence-corrected chi connectivity index (χ3v) is 3.85. The fourth-order valence-electron chi connectivity index (χ4n) is 1.32. The summed E-state index contributed by atoms with van der Waals surface area (Å²) in [6, 6.07) is 5.98. The first kappa shape index (κ1) is 11.9. The highest BCUT2D eigenvalue weighted by atomic mass is 127. The molecule has 0 aliphatic heterocycles.